The predicted octanol–water partition coefficient (Wildman–Crippen LogP) is 7.74. The van der Waals surface area contributed by atoms with Crippen LogP contribution in [0.25, 0.3) is 5.57 Å². The van der Waals surface area contributed by atoms with E-state index in [4.69, 9.17) is 0 Å². The van der Waals surface area contributed by atoms with Gasteiger partial charge in [-0.1, -0.05) is 59.7 Å². The molecule has 4 aromatic carbocycles. The normalized spacial score (nSPS) is 29.5. The first-order valence-electron chi connectivity index (χ1n) is 16.2. The molecule has 0 unspecified atom stereocenters. The summed E-state index contributed by atoms with van der Waals surface area (Å²) in [4.78, 5) is -0.0930. The van der Waals surface area contributed by atoms with Crippen LogP contribution in [0.3, 0.4) is 0 Å². The molecule has 4 aliphatic carbocycles. The number of sulfonamides is 2. The summed E-state index contributed by atoms with van der Waals surface area (Å²) in [6.45, 7) is 3.69. The molecule has 9 rings (SSSR count). The number of rotatable bonds is 5. The third-order valence-corrected chi connectivity index (χ3v) is 15.2. The Morgan fingerprint density at radius 2 is 1.35 bits per heavy atom. The van der Waals surface area contributed by atoms with Crippen LogP contribution in [0.4, 0.5) is 8.78 Å². The van der Waals surface area contributed by atoms with Crippen LogP contribution in [-0.4, -0.2) is 27.4 Å². The van der Waals surface area contributed by atoms with Gasteiger partial charge in [-0.25, -0.2) is 17.2 Å². The molecule has 5 atom stereocenters. The van der Waals surface area contributed by atoms with Crippen molar-refractivity contribution in [3.8, 4) is 0 Å². The van der Waals surface area contributed by atoms with E-state index in [1.165, 1.54) is 48.8 Å². The Balaban J connectivity index is 1.41. The van der Waals surface area contributed by atoms with Crippen molar-refractivity contribution in [1.82, 2.24) is 4.31 Å². The molecule has 1 aliphatic heterocycles. The van der Waals surface area contributed by atoms with Crippen molar-refractivity contribution in [2.24, 2.45) is 15.2 Å². The van der Waals surface area contributed by atoms with Crippen molar-refractivity contribution in [3.63, 3.8) is 0 Å². The first-order chi connectivity index (χ1) is 22.9. The van der Waals surface area contributed by atoms with Gasteiger partial charge in [-0.05, 0) is 104 Å². The van der Waals surface area contributed by atoms with Gasteiger partial charge in [0.2, 0.25) is 0 Å². The standard InChI is InChI=1S/C38H32F2N2O4S2/c1-23-9-13-25(14-10-23)47(43,44)41-22-38-35-28(6-4-8-33(35)40)30-18-20-37(30,38)36-19-17-29(36)27-5-3-7-32(39)34(27)31(36)21-42(38)48(45,46)26-15-11-24(2)12-16-26/h3-16,21-22,29-30H,17-20H2,1-2H3/b41-22-/t29-,30+,36+,37+,38+/m1/s1. The molecule has 0 saturated heterocycles. The number of hydrogen-bond donors (Lipinski definition) is 0. The van der Waals surface area contributed by atoms with Gasteiger partial charge in [0.15, 0.2) is 0 Å². The second-order valence-corrected chi connectivity index (χ2v) is 17.4. The number of aryl methyl sites for hydroxylation is 2. The van der Waals surface area contributed by atoms with Crippen LogP contribution < -0.4 is 0 Å². The summed E-state index contributed by atoms with van der Waals surface area (Å²) in [5, 5.41) is 0. The number of hydrogen-bond acceptors (Lipinski definition) is 4. The van der Waals surface area contributed by atoms with Gasteiger partial charge in [0.05, 0.1) is 16.0 Å². The molecule has 48 heavy (non-hydrogen) atoms. The smallest absolute Gasteiger partial charge is 0.256 e. The number of fused-ring (bicyclic) bond motifs is 6. The van der Waals surface area contributed by atoms with E-state index in [-0.39, 0.29) is 27.2 Å². The highest BCUT2D eigenvalue weighted by molar-refractivity contribution is 7.90. The summed E-state index contributed by atoms with van der Waals surface area (Å²) in [6, 6.07) is 22.4. The van der Waals surface area contributed by atoms with Gasteiger partial charge in [0.1, 0.15) is 17.2 Å². The minimum atomic E-state index is -4.51. The third-order valence-electron chi connectivity index (χ3n) is 12.2. The van der Waals surface area contributed by atoms with Gasteiger partial charge in [-0.3, -0.25) is 4.31 Å². The van der Waals surface area contributed by atoms with Crippen molar-refractivity contribution >= 4 is 31.8 Å². The Morgan fingerprint density at radius 3 is 1.96 bits per heavy atom. The maximum atomic E-state index is 16.7. The van der Waals surface area contributed by atoms with E-state index in [0.29, 0.717) is 36.0 Å². The average molecular weight is 683 g/mol. The van der Waals surface area contributed by atoms with Crippen LogP contribution >= 0.6 is 0 Å². The summed E-state index contributed by atoms with van der Waals surface area (Å²) in [6.07, 6.45) is 5.21. The summed E-state index contributed by atoms with van der Waals surface area (Å²) in [5.74, 6) is -1.51. The third kappa shape index (κ3) is 3.33. The second-order valence-electron chi connectivity index (χ2n) is 14.0. The van der Waals surface area contributed by atoms with Crippen molar-refractivity contribution < 1.29 is 25.6 Å². The maximum absolute atomic E-state index is 16.7. The molecule has 2 saturated carbocycles. The van der Waals surface area contributed by atoms with Gasteiger partial charge in [0.25, 0.3) is 20.0 Å². The molecule has 0 radical (unpaired) electrons. The molecule has 244 valence electrons. The highest BCUT2D eigenvalue weighted by Gasteiger charge is 2.84. The molecular formula is C38H32F2N2O4S2. The zero-order valence-corrected chi connectivity index (χ0v) is 28.0. The zero-order valence-electron chi connectivity index (χ0n) is 26.3. The summed E-state index contributed by atoms with van der Waals surface area (Å²) >= 11 is 0. The van der Waals surface area contributed by atoms with E-state index in [2.05, 4.69) is 4.40 Å². The highest BCUT2D eigenvalue weighted by Crippen LogP contribution is 2.88. The average Bonchev–Trinajstić information content (AvgIpc) is 3.33. The van der Waals surface area contributed by atoms with Gasteiger partial charge >= 0.3 is 0 Å². The van der Waals surface area contributed by atoms with E-state index in [1.54, 1.807) is 36.4 Å². The Morgan fingerprint density at radius 1 is 0.750 bits per heavy atom. The van der Waals surface area contributed by atoms with E-state index >= 15 is 17.2 Å². The molecular weight excluding hydrogens is 651 g/mol. The molecule has 0 bridgehead atoms. The Hall–Kier alpha value is -4.15. The monoisotopic (exact) mass is 682 g/mol. The number of nitrogens with zero attached hydrogens (tertiary/aromatic N) is 2. The van der Waals surface area contributed by atoms with Crippen molar-refractivity contribution in [1.29, 1.82) is 0 Å². The first-order valence-corrected chi connectivity index (χ1v) is 19.1. The summed E-state index contributed by atoms with van der Waals surface area (Å²) in [5.41, 5.74) is 0.635. The molecule has 0 N–H and O–H groups in total. The van der Waals surface area contributed by atoms with Crippen molar-refractivity contribution in [2.45, 2.75) is 66.7 Å². The van der Waals surface area contributed by atoms with Crippen LogP contribution in [0.2, 0.25) is 0 Å². The number of allylic oxidation sites excluding steroid dienone is 1. The SMILES string of the molecule is Cc1ccc(S(=O)(=O)/N=C\[C@]23c4c(F)cccc4[C@@H]4CC[C@@]42[C@@]24CC[C@@H]2c2cccc(F)c2C4=CN3S(=O)(=O)c2ccc(C)cc2)cc1. The van der Waals surface area contributed by atoms with Crippen LogP contribution in [0, 0.1) is 36.3 Å². The molecule has 2 spiro atoms. The van der Waals surface area contributed by atoms with Crippen LogP contribution in [-0.2, 0) is 25.6 Å². The molecule has 4 aromatic rings. The lowest BCUT2D eigenvalue weighted by Gasteiger charge is -2.72. The second kappa shape index (κ2) is 9.51. The summed E-state index contributed by atoms with van der Waals surface area (Å²) < 4.78 is 96.1. The van der Waals surface area contributed by atoms with Gasteiger partial charge in [-0.15, -0.1) is 0 Å². The Kier molecular flexibility index (Phi) is 5.93. The molecule has 5 aliphatic rings. The highest BCUT2D eigenvalue weighted by atomic mass is 32.2. The molecule has 0 amide bonds. The summed E-state index contributed by atoms with van der Waals surface area (Å²) in [7, 11) is -8.86. The van der Waals surface area contributed by atoms with Gasteiger partial charge < -0.3 is 0 Å². The molecule has 1 heterocycles. The minimum absolute atomic E-state index is 0.0391. The topological polar surface area (TPSA) is 83.9 Å². The lowest BCUT2D eigenvalue weighted by atomic mass is 9.34. The fraction of sp³-hybridized carbons (Fsp3) is 0.289. The zero-order chi connectivity index (χ0) is 33.4. The molecule has 10 heteroatoms. The number of halogens is 2. The van der Waals surface area contributed by atoms with Crippen LogP contribution in [0.1, 0.15) is 70.9 Å². The lowest BCUT2D eigenvalue weighted by molar-refractivity contribution is -0.141. The van der Waals surface area contributed by atoms with E-state index in [0.717, 1.165) is 27.4 Å². The van der Waals surface area contributed by atoms with E-state index in [9.17, 15) is 8.42 Å². The minimum Gasteiger partial charge on any atom is -0.256 e. The Bertz CT molecular complexity index is 2360. The van der Waals surface area contributed by atoms with Gasteiger partial charge in [-0.2, -0.15) is 12.8 Å². The fourth-order valence-corrected chi connectivity index (χ4v) is 12.7. The quantitative estimate of drug-likeness (QED) is 0.202. The van der Waals surface area contributed by atoms with Gasteiger partial charge in [0, 0.05) is 28.2 Å². The molecule has 2 fully saturated rings. The Labute approximate surface area is 279 Å². The number of benzene rings is 4. The fourth-order valence-electron chi connectivity index (χ4n) is 10.2. The van der Waals surface area contributed by atoms with E-state index in [1.807, 2.05) is 26.0 Å². The maximum Gasteiger partial charge on any atom is 0.282 e. The van der Waals surface area contributed by atoms with Crippen LogP contribution in [0.15, 0.2) is 105 Å². The van der Waals surface area contributed by atoms with E-state index < -0.39 is 48.0 Å². The largest absolute Gasteiger partial charge is 0.282 e. The predicted molar refractivity (Wildman–Crippen MR) is 178 cm³/mol. The molecule has 6 nitrogen and oxygen atoms in total. The lowest BCUT2D eigenvalue weighted by Crippen LogP contribution is -2.71. The van der Waals surface area contributed by atoms with Crippen LogP contribution in [0.5, 0.6) is 0 Å². The van der Waals surface area contributed by atoms with Crippen molar-refractivity contribution in [3.05, 3.63) is 136 Å². The molecule has 0 aromatic heterocycles. The van der Waals surface area contributed by atoms with Crippen molar-refractivity contribution in [2.75, 3.05) is 0 Å². The first kappa shape index (κ1) is 29.9.